The second-order valence-corrected chi connectivity index (χ2v) is 13.9. The molecule has 2 atom stereocenters. The van der Waals surface area contributed by atoms with Crippen LogP contribution in [-0.4, -0.2) is 79.8 Å². The fourth-order valence-corrected chi connectivity index (χ4v) is 6.82. The zero-order chi connectivity index (χ0) is 41.9. The van der Waals surface area contributed by atoms with Crippen molar-refractivity contribution < 1.29 is 63.2 Å². The van der Waals surface area contributed by atoms with Gasteiger partial charge in [0.05, 0.1) is 0 Å². The molecule has 4 aliphatic rings. The van der Waals surface area contributed by atoms with Gasteiger partial charge in [-0.15, -0.1) is 0 Å². The number of hydrogen-bond donors (Lipinski definition) is 3. The summed E-state index contributed by atoms with van der Waals surface area (Å²) in [5.41, 5.74) is 9.98. The van der Waals surface area contributed by atoms with Crippen molar-refractivity contribution in [2.24, 2.45) is 0 Å². The third-order valence-corrected chi connectivity index (χ3v) is 9.66. The molecule has 2 saturated heterocycles. The van der Waals surface area contributed by atoms with E-state index in [4.69, 9.17) is 0 Å². The summed E-state index contributed by atoms with van der Waals surface area (Å²) in [5.74, 6) is -0.624. The number of aldehydes is 1. The van der Waals surface area contributed by atoms with Crippen molar-refractivity contribution in [2.75, 3.05) is 32.7 Å². The number of aromatic amines is 2. The first-order valence-corrected chi connectivity index (χ1v) is 19.0. The normalized spacial score (nSPS) is 16.4. The Hall–Kier alpha value is -5.12. The van der Waals surface area contributed by atoms with Crippen LogP contribution in [0.3, 0.4) is 0 Å². The molecule has 0 spiro atoms. The van der Waals surface area contributed by atoms with Crippen molar-refractivity contribution in [3.63, 3.8) is 0 Å². The van der Waals surface area contributed by atoms with E-state index in [1.807, 2.05) is 48.8 Å². The Labute approximate surface area is 374 Å². The summed E-state index contributed by atoms with van der Waals surface area (Å²) in [7, 11) is 4.32. The van der Waals surface area contributed by atoms with Gasteiger partial charge in [0.2, 0.25) is 17.1 Å². The van der Waals surface area contributed by atoms with Gasteiger partial charge in [0, 0.05) is 70.5 Å². The molecule has 2 aliphatic heterocycles. The van der Waals surface area contributed by atoms with Gasteiger partial charge in [-0.25, -0.2) is 19.4 Å². The average Bonchev–Trinajstić information content (AvgIpc) is 4.07. The van der Waals surface area contributed by atoms with Gasteiger partial charge in [0.15, 0.2) is 0 Å². The van der Waals surface area contributed by atoms with Crippen molar-refractivity contribution in [1.82, 2.24) is 20.2 Å². The van der Waals surface area contributed by atoms with E-state index in [0.29, 0.717) is 11.8 Å². The number of rotatable bonds is 5. The molecule has 4 aromatic rings. The van der Waals surface area contributed by atoms with Gasteiger partial charge in [-0.3, -0.25) is 24.1 Å². The smallest absolute Gasteiger partial charge is 0.793 e. The fourth-order valence-electron chi connectivity index (χ4n) is 6.82. The van der Waals surface area contributed by atoms with Crippen LogP contribution in [0.15, 0.2) is 107 Å². The zero-order valence-electron chi connectivity index (χ0n) is 34.0. The largest absolute Gasteiger partial charge is 1.00 e. The van der Waals surface area contributed by atoms with E-state index in [0.717, 1.165) is 76.8 Å². The summed E-state index contributed by atoms with van der Waals surface area (Å²) in [6.45, 7) is 8.88. The van der Waals surface area contributed by atoms with Crippen molar-refractivity contribution >= 4 is 43.4 Å². The van der Waals surface area contributed by atoms with Gasteiger partial charge in [-0.2, -0.15) is 0 Å². The van der Waals surface area contributed by atoms with Crippen LogP contribution in [0.25, 0.3) is 11.1 Å². The third-order valence-electron chi connectivity index (χ3n) is 9.66. The van der Waals surface area contributed by atoms with E-state index < -0.39 is 17.9 Å². The van der Waals surface area contributed by atoms with Crippen molar-refractivity contribution in [3.8, 4) is 0 Å². The van der Waals surface area contributed by atoms with Crippen LogP contribution in [0.4, 0.5) is 0 Å². The molecule has 4 heterocycles. The first-order chi connectivity index (χ1) is 28.0. The molecule has 13 nitrogen and oxygen atoms in total. The van der Waals surface area contributed by atoms with Gasteiger partial charge in [-0.05, 0) is 89.6 Å². The first kappa shape index (κ1) is 51.0. The van der Waals surface area contributed by atoms with Crippen molar-refractivity contribution in [3.05, 3.63) is 151 Å². The number of carbonyl (C=O) groups excluding carboxylic acids is 4. The molecule has 0 amide bonds. The Bertz CT molecular complexity index is 2140. The first-order valence-electron chi connectivity index (χ1n) is 19.0. The molecule has 2 aromatic carbocycles. The van der Waals surface area contributed by atoms with Gasteiger partial charge < -0.3 is 28.0 Å². The third kappa shape index (κ3) is 16.9. The fraction of sp³-hybridized carbons (Fsp3) is 0.333. The SMILES string of the molecule is C.CC(=O)OOC(C)=O.O=CC1=CCc2ccccc21.O=c1ccc(C2CCN(CC3=CCc4ccccc43)C2)c[nH]1.O=c1ccc(C2CCNC2)c[nH]1.[B-]OC(C)=O.[Na+]. The summed E-state index contributed by atoms with van der Waals surface area (Å²) in [6, 6.07) is 23.8. The van der Waals surface area contributed by atoms with Crippen molar-refractivity contribution in [2.45, 2.75) is 65.7 Å². The molecule has 2 aliphatic carbocycles. The van der Waals surface area contributed by atoms with Crippen LogP contribution in [0, 0.1) is 0 Å². The summed E-state index contributed by atoms with van der Waals surface area (Å²) in [4.78, 5) is 77.3. The minimum Gasteiger partial charge on any atom is -0.793 e. The Balaban J connectivity index is 0.000000281. The molecule has 2 fully saturated rings. The van der Waals surface area contributed by atoms with E-state index in [2.05, 4.69) is 79.1 Å². The van der Waals surface area contributed by atoms with Crippen LogP contribution >= 0.6 is 0 Å². The van der Waals surface area contributed by atoms with Crippen LogP contribution < -0.4 is 46.0 Å². The number of H-pyrrole nitrogens is 2. The Morgan fingerprint density at radius 2 is 1.28 bits per heavy atom. The maximum atomic E-state index is 11.2. The van der Waals surface area contributed by atoms with E-state index in [-0.39, 0.29) is 48.1 Å². The predicted octanol–water partition coefficient (Wildman–Crippen LogP) is 2.38. The minimum atomic E-state index is -0.639. The number of hydrogen-bond acceptors (Lipinski definition) is 11. The molecule has 8 rings (SSSR count). The van der Waals surface area contributed by atoms with Crippen LogP contribution in [0.2, 0.25) is 0 Å². The van der Waals surface area contributed by atoms with Gasteiger partial charge in [0.25, 0.3) is 0 Å². The monoisotopic (exact) mass is 827 g/mol. The molecule has 0 bridgehead atoms. The molecule has 311 valence electrons. The number of allylic oxidation sites excluding steroid dienone is 3. The molecule has 0 saturated carbocycles. The molecule has 60 heavy (non-hydrogen) atoms. The van der Waals surface area contributed by atoms with Crippen LogP contribution in [0.5, 0.6) is 0 Å². The van der Waals surface area contributed by atoms with Gasteiger partial charge in [0.1, 0.15) is 6.29 Å². The van der Waals surface area contributed by atoms with E-state index in [1.54, 1.807) is 12.1 Å². The van der Waals surface area contributed by atoms with Crippen molar-refractivity contribution in [1.29, 1.82) is 0 Å². The summed E-state index contributed by atoms with van der Waals surface area (Å²) in [5, 5.41) is 3.29. The number of benzene rings is 2. The van der Waals surface area contributed by atoms with E-state index in [1.165, 1.54) is 53.2 Å². The number of aromatic nitrogens is 2. The molecular weight excluding hydrogens is 774 g/mol. The number of nitrogens with one attached hydrogen (secondary N) is 3. The quantitative estimate of drug-likeness (QED) is 0.117. The maximum absolute atomic E-state index is 11.2. The molecule has 2 unspecified atom stereocenters. The van der Waals surface area contributed by atoms with Crippen LogP contribution in [0.1, 0.15) is 86.3 Å². The molecule has 15 heteroatoms. The van der Waals surface area contributed by atoms with Gasteiger partial charge >= 0.3 is 41.5 Å². The number of carbonyl (C=O) groups is 4. The summed E-state index contributed by atoms with van der Waals surface area (Å²) >= 11 is 0. The number of pyridine rings is 2. The maximum Gasteiger partial charge on any atom is 1.00 e. The minimum absolute atomic E-state index is 0. The predicted molar refractivity (Wildman–Crippen MR) is 228 cm³/mol. The molecular formula is C45H53BN4NaO9. The number of nitrogens with zero attached hydrogens (tertiary/aromatic N) is 1. The summed E-state index contributed by atoms with van der Waals surface area (Å²) in [6.07, 6.45) is 13.3. The second kappa shape index (κ2) is 26.9. The standard InChI is InChI=1S/C19H20N2O.C10H8O.C9H12N2O.C4H6O4.C2H3BO2.CH4.Na/c22-19-8-7-15(11-20-19)16-9-10-21(12-16)13-17-6-5-14-3-1-2-4-18(14)17;11-7-9-6-5-8-3-1-2-4-10(8)9;12-9-2-1-7(6-11-9)8-3-4-10-5-8;1-3(5)7-8-4(2)6;1-2(4)5-3;;/h1-4,6-8,11,16H,5,9-10,12-13H2,(H,20,22);1-4,6-7H,5H2;1-2,6,8,10H,3-5H2,(H,11,12);1-2H3;1H3;1H4;/q;;;;-1;;+1. The molecule has 3 N–H and O–H groups in total. The number of likely N-dealkylation sites (tertiary alicyclic amines) is 1. The average molecular weight is 828 g/mol. The Morgan fingerprint density at radius 1 is 0.750 bits per heavy atom. The van der Waals surface area contributed by atoms with E-state index >= 15 is 0 Å². The topological polar surface area (TPSA) is 177 Å². The molecule has 3 radical (unpaired) electrons. The Morgan fingerprint density at radius 3 is 1.78 bits per heavy atom. The van der Waals surface area contributed by atoms with Crippen LogP contribution in [-0.2, 0) is 46.4 Å². The van der Waals surface area contributed by atoms with Gasteiger partial charge in [-0.1, -0.05) is 80.2 Å². The Kier molecular flexibility index (Phi) is 22.9. The molecule has 2 aromatic heterocycles. The summed E-state index contributed by atoms with van der Waals surface area (Å²) < 4.78 is 3.61. The number of fused-ring (bicyclic) bond motifs is 2. The zero-order valence-corrected chi connectivity index (χ0v) is 36.0. The van der Waals surface area contributed by atoms with E-state index in [9.17, 15) is 28.8 Å². The second-order valence-electron chi connectivity index (χ2n) is 13.9.